The zero-order valence-electron chi connectivity index (χ0n) is 13.0. The molecule has 0 radical (unpaired) electrons. The molecule has 1 unspecified atom stereocenters. The number of hydrogen-bond acceptors (Lipinski definition) is 1. The van der Waals surface area contributed by atoms with Gasteiger partial charge < -0.3 is 4.57 Å². The Balaban J connectivity index is 2.03. The summed E-state index contributed by atoms with van der Waals surface area (Å²) in [5, 5.41) is 4.52. The van der Waals surface area contributed by atoms with E-state index in [1.807, 2.05) is 0 Å². The third-order valence-corrected chi connectivity index (χ3v) is 4.99. The molecule has 2 aromatic rings. The van der Waals surface area contributed by atoms with E-state index < -0.39 is 0 Å². The number of carbonyl (C=O) groups excluding carboxylic acids is 1. The van der Waals surface area contributed by atoms with Crippen molar-refractivity contribution < 1.29 is 4.79 Å². The average Bonchev–Trinajstić information content (AvgIpc) is 2.81. The third-order valence-electron chi connectivity index (χ3n) is 4.99. The number of nitrogens with zero attached hydrogens (tertiary/aromatic N) is 4. The highest BCUT2D eigenvalue weighted by atomic mass is 16.1. The standard InChI is InChI=1S/C17H20N4O/c1-17(11-9-15(22)19-20-18)10-5-7-13-12-6-3-4-8-14(12)21(2)16(13)17/h3-4,6,8H,5,7,9-11H2,1-2H3. The normalized spacial score (nSPS) is 20.5. The smallest absolute Gasteiger partial charge is 0.218 e. The first-order valence-corrected chi connectivity index (χ1v) is 7.71. The van der Waals surface area contributed by atoms with Gasteiger partial charge in [-0.2, -0.15) is 0 Å². The summed E-state index contributed by atoms with van der Waals surface area (Å²) < 4.78 is 2.28. The first-order chi connectivity index (χ1) is 10.6. The molecule has 3 rings (SSSR count). The number of hydrogen-bond donors (Lipinski definition) is 0. The maximum Gasteiger partial charge on any atom is 0.218 e. The Labute approximate surface area is 129 Å². The monoisotopic (exact) mass is 296 g/mol. The second kappa shape index (κ2) is 5.50. The molecule has 5 nitrogen and oxygen atoms in total. The predicted molar refractivity (Wildman–Crippen MR) is 86.6 cm³/mol. The first kappa shape index (κ1) is 14.7. The van der Waals surface area contributed by atoms with E-state index in [9.17, 15) is 4.79 Å². The lowest BCUT2D eigenvalue weighted by Crippen LogP contribution is -2.30. The van der Waals surface area contributed by atoms with E-state index in [-0.39, 0.29) is 11.3 Å². The molecule has 1 heterocycles. The zero-order chi connectivity index (χ0) is 15.7. The van der Waals surface area contributed by atoms with E-state index in [0.29, 0.717) is 6.42 Å². The van der Waals surface area contributed by atoms with Crippen LogP contribution in [0, 0.1) is 0 Å². The zero-order valence-corrected chi connectivity index (χ0v) is 13.0. The van der Waals surface area contributed by atoms with Crippen LogP contribution >= 0.6 is 0 Å². The molecule has 1 aliphatic rings. The van der Waals surface area contributed by atoms with Crippen molar-refractivity contribution in [2.75, 3.05) is 0 Å². The van der Waals surface area contributed by atoms with E-state index in [4.69, 9.17) is 5.53 Å². The molecule has 0 aliphatic heterocycles. The fourth-order valence-corrected chi connectivity index (χ4v) is 3.99. The fourth-order valence-electron chi connectivity index (χ4n) is 3.99. The first-order valence-electron chi connectivity index (χ1n) is 7.71. The largest absolute Gasteiger partial charge is 0.347 e. The SMILES string of the molecule is Cn1c2c(c3ccccc31)CCCC2(C)CCC(=O)N=[N+]=[N-]. The van der Waals surface area contributed by atoms with Crippen LogP contribution in [0.1, 0.15) is 43.9 Å². The van der Waals surface area contributed by atoms with Gasteiger partial charge in [-0.05, 0) is 48.0 Å². The van der Waals surface area contributed by atoms with E-state index in [2.05, 4.69) is 52.8 Å². The van der Waals surface area contributed by atoms with E-state index in [1.165, 1.54) is 22.2 Å². The number of rotatable bonds is 3. The van der Waals surface area contributed by atoms with Crippen molar-refractivity contribution in [1.29, 1.82) is 0 Å². The quantitative estimate of drug-likeness (QED) is 0.470. The summed E-state index contributed by atoms with van der Waals surface area (Å²) in [6.45, 7) is 2.23. The Morgan fingerprint density at radius 3 is 3.00 bits per heavy atom. The Hall–Kier alpha value is -2.26. The molecule has 5 heteroatoms. The van der Waals surface area contributed by atoms with Crippen LogP contribution in [0.4, 0.5) is 0 Å². The van der Waals surface area contributed by atoms with E-state index in [0.717, 1.165) is 25.7 Å². The molecule has 1 atom stereocenters. The average molecular weight is 296 g/mol. The van der Waals surface area contributed by atoms with Gasteiger partial charge in [0.2, 0.25) is 5.91 Å². The molecule has 1 aromatic heterocycles. The third kappa shape index (κ3) is 2.28. The molecule has 0 spiro atoms. The van der Waals surface area contributed by atoms with Crippen LogP contribution in [-0.2, 0) is 23.7 Å². The molecule has 0 N–H and O–H groups in total. The minimum Gasteiger partial charge on any atom is -0.347 e. The number of aryl methyl sites for hydroxylation is 2. The van der Waals surface area contributed by atoms with Gasteiger partial charge in [-0.3, -0.25) is 4.79 Å². The van der Waals surface area contributed by atoms with Crippen molar-refractivity contribution in [1.82, 2.24) is 4.57 Å². The molecular weight excluding hydrogens is 276 g/mol. The Bertz CT molecular complexity index is 785. The van der Waals surface area contributed by atoms with E-state index in [1.54, 1.807) is 0 Å². The minimum atomic E-state index is -0.366. The number of benzene rings is 1. The number of para-hydroxylation sites is 1. The maximum absolute atomic E-state index is 11.6. The highest BCUT2D eigenvalue weighted by Gasteiger charge is 2.36. The molecule has 0 bridgehead atoms. The summed E-state index contributed by atoms with van der Waals surface area (Å²) in [5.74, 6) is -0.366. The number of fused-ring (bicyclic) bond motifs is 3. The van der Waals surface area contributed by atoms with E-state index >= 15 is 0 Å². The predicted octanol–water partition coefficient (Wildman–Crippen LogP) is 4.39. The Morgan fingerprint density at radius 2 is 2.23 bits per heavy atom. The number of aromatic nitrogens is 1. The summed E-state index contributed by atoms with van der Waals surface area (Å²) in [5.41, 5.74) is 12.3. The van der Waals surface area contributed by atoms with Gasteiger partial charge >= 0.3 is 0 Å². The second-order valence-corrected chi connectivity index (χ2v) is 6.40. The van der Waals surface area contributed by atoms with Gasteiger partial charge in [0.25, 0.3) is 0 Å². The lowest BCUT2D eigenvalue weighted by Gasteiger charge is -2.35. The van der Waals surface area contributed by atoms with Crippen LogP contribution in [0.3, 0.4) is 0 Å². The molecule has 0 saturated carbocycles. The molecule has 1 aromatic carbocycles. The van der Waals surface area contributed by atoms with Crippen LogP contribution in [-0.4, -0.2) is 10.5 Å². The van der Waals surface area contributed by atoms with Gasteiger partial charge in [0, 0.05) is 40.4 Å². The fraction of sp³-hybridized carbons (Fsp3) is 0.471. The second-order valence-electron chi connectivity index (χ2n) is 6.40. The Kier molecular flexibility index (Phi) is 3.67. The van der Waals surface area contributed by atoms with Crippen molar-refractivity contribution in [3.8, 4) is 0 Å². The van der Waals surface area contributed by atoms with Crippen molar-refractivity contribution >= 4 is 16.8 Å². The summed E-state index contributed by atoms with van der Waals surface area (Å²) >= 11 is 0. The molecular formula is C17H20N4O. The molecule has 1 amide bonds. The van der Waals surface area contributed by atoms with Gasteiger partial charge in [0.05, 0.1) is 0 Å². The van der Waals surface area contributed by atoms with Gasteiger partial charge in [-0.1, -0.05) is 25.1 Å². The van der Waals surface area contributed by atoms with Crippen molar-refractivity contribution in [3.63, 3.8) is 0 Å². The molecule has 114 valence electrons. The maximum atomic E-state index is 11.6. The highest BCUT2D eigenvalue weighted by molar-refractivity contribution is 5.86. The van der Waals surface area contributed by atoms with Gasteiger partial charge in [-0.25, -0.2) is 0 Å². The lowest BCUT2D eigenvalue weighted by molar-refractivity contribution is -0.118. The molecule has 1 aliphatic carbocycles. The summed E-state index contributed by atoms with van der Waals surface area (Å²) in [6, 6.07) is 8.49. The topological polar surface area (TPSA) is 70.8 Å². The van der Waals surface area contributed by atoms with Crippen LogP contribution in [0.2, 0.25) is 0 Å². The van der Waals surface area contributed by atoms with Gasteiger partial charge in [-0.15, -0.1) is 0 Å². The molecule has 0 fully saturated rings. The van der Waals surface area contributed by atoms with Crippen LogP contribution in [0.15, 0.2) is 29.4 Å². The van der Waals surface area contributed by atoms with Crippen LogP contribution in [0.5, 0.6) is 0 Å². The molecule has 0 saturated heterocycles. The highest BCUT2D eigenvalue weighted by Crippen LogP contribution is 2.44. The van der Waals surface area contributed by atoms with Crippen LogP contribution in [0.25, 0.3) is 21.3 Å². The number of amides is 1. The van der Waals surface area contributed by atoms with Crippen LogP contribution < -0.4 is 0 Å². The van der Waals surface area contributed by atoms with Crippen molar-refractivity contribution in [2.45, 2.75) is 44.4 Å². The summed E-state index contributed by atoms with van der Waals surface area (Å²) in [4.78, 5) is 14.2. The van der Waals surface area contributed by atoms with Crippen molar-refractivity contribution in [3.05, 3.63) is 46.0 Å². The van der Waals surface area contributed by atoms with Crippen molar-refractivity contribution in [2.24, 2.45) is 12.2 Å². The number of azide groups is 1. The summed E-state index contributed by atoms with van der Waals surface area (Å²) in [6.07, 6.45) is 4.32. The minimum absolute atomic E-state index is 0.0397. The molecule has 22 heavy (non-hydrogen) atoms. The Morgan fingerprint density at radius 1 is 1.45 bits per heavy atom. The lowest BCUT2D eigenvalue weighted by atomic mass is 9.71. The summed E-state index contributed by atoms with van der Waals surface area (Å²) in [7, 11) is 2.11. The number of carbonyl (C=O) groups is 1. The van der Waals surface area contributed by atoms with Gasteiger partial charge in [0.15, 0.2) is 0 Å². The van der Waals surface area contributed by atoms with Gasteiger partial charge in [0.1, 0.15) is 0 Å².